The van der Waals surface area contributed by atoms with E-state index in [1.54, 1.807) is 18.2 Å². The van der Waals surface area contributed by atoms with Crippen LogP contribution < -0.4 is 9.21 Å². The first-order valence-corrected chi connectivity index (χ1v) is 10.8. The van der Waals surface area contributed by atoms with Crippen molar-refractivity contribution in [2.45, 2.75) is 0 Å². The fraction of sp³-hybridized carbons (Fsp3) is 0.350. The topological polar surface area (TPSA) is 64.2 Å². The molecule has 0 bridgehead atoms. The highest BCUT2D eigenvalue weighted by atomic mass is 32.2. The lowest BCUT2D eigenvalue weighted by atomic mass is 10.2. The zero-order valence-electron chi connectivity index (χ0n) is 16.8. The van der Waals surface area contributed by atoms with E-state index in [-0.39, 0.29) is 11.5 Å². The van der Waals surface area contributed by atoms with Gasteiger partial charge in [-0.15, -0.1) is 0 Å². The first-order chi connectivity index (χ1) is 14.2. The van der Waals surface area contributed by atoms with Crippen molar-refractivity contribution in [1.82, 2.24) is 9.21 Å². The van der Waals surface area contributed by atoms with Gasteiger partial charge in [0.05, 0.1) is 11.4 Å². The Labute approximate surface area is 175 Å². The van der Waals surface area contributed by atoms with Crippen LogP contribution in [0.15, 0.2) is 48.5 Å². The van der Waals surface area contributed by atoms with Crippen LogP contribution in [0, 0.1) is 11.6 Å². The second-order valence-electron chi connectivity index (χ2n) is 7.07. The molecule has 0 unspecified atom stereocenters. The smallest absolute Gasteiger partial charge is 0.304 e. The van der Waals surface area contributed by atoms with E-state index >= 15 is 0 Å². The minimum Gasteiger partial charge on any atom is -0.366 e. The van der Waals surface area contributed by atoms with Crippen molar-refractivity contribution in [2.75, 3.05) is 56.0 Å². The molecule has 2 aromatic rings. The summed E-state index contributed by atoms with van der Waals surface area (Å²) in [6.07, 6.45) is 0. The summed E-state index contributed by atoms with van der Waals surface area (Å²) in [6.45, 7) is 0.904. The lowest BCUT2D eigenvalue weighted by Gasteiger charge is -2.37. The van der Waals surface area contributed by atoms with Crippen molar-refractivity contribution in [3.05, 3.63) is 60.2 Å². The van der Waals surface area contributed by atoms with Gasteiger partial charge >= 0.3 is 10.2 Å². The van der Waals surface area contributed by atoms with E-state index in [2.05, 4.69) is 0 Å². The van der Waals surface area contributed by atoms with Gasteiger partial charge in [0.15, 0.2) is 0 Å². The van der Waals surface area contributed by atoms with Gasteiger partial charge in [0.1, 0.15) is 18.2 Å². The summed E-state index contributed by atoms with van der Waals surface area (Å²) in [5.74, 6) is -1.52. The van der Waals surface area contributed by atoms with Gasteiger partial charge in [0.2, 0.25) is 5.91 Å². The first-order valence-electron chi connectivity index (χ1n) is 9.44. The maximum absolute atomic E-state index is 14.3. The van der Waals surface area contributed by atoms with E-state index in [0.29, 0.717) is 31.9 Å². The number of nitrogens with zero attached hydrogens (tertiary/aromatic N) is 4. The maximum atomic E-state index is 14.3. The first kappa shape index (κ1) is 22.0. The molecule has 0 aliphatic carbocycles. The molecule has 1 saturated heterocycles. The quantitative estimate of drug-likeness (QED) is 0.692. The van der Waals surface area contributed by atoms with Gasteiger partial charge in [-0.2, -0.15) is 12.7 Å². The van der Waals surface area contributed by atoms with Crippen LogP contribution in [0.4, 0.5) is 20.2 Å². The second-order valence-corrected chi connectivity index (χ2v) is 9.13. The molecule has 0 aromatic heterocycles. The predicted molar refractivity (Wildman–Crippen MR) is 112 cm³/mol. The number of benzene rings is 2. The molecule has 7 nitrogen and oxygen atoms in total. The number of piperazine rings is 1. The molecular weight excluding hydrogens is 414 g/mol. The standard InChI is InChI=1S/C20H24F2N4O3S/c1-23(2)30(28,29)26(19-10-6-4-8-17(19)22)15-20(27)25-13-11-24(12-14-25)18-9-5-3-7-16(18)21/h3-10H,11-15H2,1-2H3. The van der Waals surface area contributed by atoms with Gasteiger partial charge in [-0.3, -0.25) is 4.79 Å². The Morgan fingerprint density at radius 1 is 0.933 bits per heavy atom. The number of hydrogen-bond donors (Lipinski definition) is 0. The molecule has 1 aliphatic heterocycles. The molecule has 0 radical (unpaired) electrons. The minimum absolute atomic E-state index is 0.190. The van der Waals surface area contributed by atoms with Crippen molar-refractivity contribution in [2.24, 2.45) is 0 Å². The van der Waals surface area contributed by atoms with Crippen LogP contribution in [0.25, 0.3) is 0 Å². The van der Waals surface area contributed by atoms with Crippen molar-refractivity contribution < 1.29 is 22.0 Å². The summed E-state index contributed by atoms with van der Waals surface area (Å²) in [7, 11) is -1.45. The zero-order chi connectivity index (χ0) is 21.9. The molecular formula is C20H24F2N4O3S. The van der Waals surface area contributed by atoms with Gasteiger partial charge in [0, 0.05) is 40.3 Å². The Morgan fingerprint density at radius 3 is 2.07 bits per heavy atom. The third kappa shape index (κ3) is 4.54. The monoisotopic (exact) mass is 438 g/mol. The molecule has 10 heteroatoms. The minimum atomic E-state index is -4.09. The maximum Gasteiger partial charge on any atom is 0.304 e. The Hall–Kier alpha value is -2.72. The average Bonchev–Trinajstić information content (AvgIpc) is 2.73. The Kier molecular flexibility index (Phi) is 6.57. The van der Waals surface area contributed by atoms with E-state index in [1.165, 1.54) is 43.3 Å². The van der Waals surface area contributed by atoms with Gasteiger partial charge in [-0.05, 0) is 24.3 Å². The Bertz CT molecular complexity index is 1010. The highest BCUT2D eigenvalue weighted by Gasteiger charge is 2.32. The average molecular weight is 439 g/mol. The van der Waals surface area contributed by atoms with Crippen molar-refractivity contribution >= 4 is 27.5 Å². The third-order valence-corrected chi connectivity index (χ3v) is 6.77. The SMILES string of the molecule is CN(C)S(=O)(=O)N(CC(=O)N1CCN(c2ccccc2F)CC1)c1ccccc1F. The van der Waals surface area contributed by atoms with Gasteiger partial charge in [0.25, 0.3) is 0 Å². The molecule has 2 aromatic carbocycles. The molecule has 1 fully saturated rings. The van der Waals surface area contributed by atoms with Crippen molar-refractivity contribution in [1.29, 1.82) is 0 Å². The normalized spacial score (nSPS) is 14.8. The van der Waals surface area contributed by atoms with Gasteiger partial charge < -0.3 is 9.80 Å². The van der Waals surface area contributed by atoms with Gasteiger partial charge in [-0.25, -0.2) is 13.1 Å². The highest BCUT2D eigenvalue weighted by molar-refractivity contribution is 7.90. The number of anilines is 2. The van der Waals surface area contributed by atoms with Crippen LogP contribution in [-0.4, -0.2) is 70.3 Å². The number of rotatable bonds is 6. The summed E-state index contributed by atoms with van der Waals surface area (Å²) >= 11 is 0. The molecule has 0 N–H and O–H groups in total. The molecule has 1 heterocycles. The van der Waals surface area contributed by atoms with Crippen molar-refractivity contribution in [3.63, 3.8) is 0 Å². The summed E-state index contributed by atoms with van der Waals surface area (Å²) in [5, 5.41) is 0. The fourth-order valence-corrected chi connectivity index (χ4v) is 4.33. The second kappa shape index (κ2) is 8.97. The van der Waals surface area contributed by atoms with Gasteiger partial charge in [-0.1, -0.05) is 24.3 Å². The largest absolute Gasteiger partial charge is 0.366 e. The molecule has 0 atom stereocenters. The van der Waals surface area contributed by atoms with Crippen molar-refractivity contribution in [3.8, 4) is 0 Å². The molecule has 1 aliphatic rings. The summed E-state index contributed by atoms with van der Waals surface area (Å²) in [4.78, 5) is 16.2. The number of carbonyl (C=O) groups is 1. The van der Waals surface area contributed by atoms with Crippen LogP contribution in [0.1, 0.15) is 0 Å². The lowest BCUT2D eigenvalue weighted by Crippen LogP contribution is -2.53. The van der Waals surface area contributed by atoms with Crippen LogP contribution in [-0.2, 0) is 15.0 Å². The van der Waals surface area contributed by atoms with E-state index < -0.39 is 28.5 Å². The van der Waals surface area contributed by atoms with E-state index in [4.69, 9.17) is 0 Å². The van der Waals surface area contributed by atoms with Crippen LogP contribution >= 0.6 is 0 Å². The third-order valence-electron chi connectivity index (χ3n) is 4.97. The summed E-state index contributed by atoms with van der Waals surface area (Å²) in [5.41, 5.74) is 0.275. The summed E-state index contributed by atoms with van der Waals surface area (Å²) < 4.78 is 55.5. The van der Waals surface area contributed by atoms with E-state index in [0.717, 1.165) is 14.7 Å². The molecule has 30 heavy (non-hydrogen) atoms. The number of amides is 1. The van der Waals surface area contributed by atoms with E-state index in [9.17, 15) is 22.0 Å². The van der Waals surface area contributed by atoms with E-state index in [1.807, 2.05) is 4.90 Å². The Balaban J connectivity index is 1.74. The molecule has 162 valence electrons. The molecule has 0 spiro atoms. The number of hydrogen-bond acceptors (Lipinski definition) is 4. The Morgan fingerprint density at radius 2 is 1.50 bits per heavy atom. The lowest BCUT2D eigenvalue weighted by molar-refractivity contribution is -0.129. The molecule has 0 saturated carbocycles. The predicted octanol–water partition coefficient (Wildman–Crippen LogP) is 1.93. The summed E-state index contributed by atoms with van der Waals surface area (Å²) in [6, 6.07) is 11.8. The number of halogens is 2. The molecule has 3 rings (SSSR count). The number of para-hydroxylation sites is 2. The zero-order valence-corrected chi connectivity index (χ0v) is 17.6. The van der Waals surface area contributed by atoms with Crippen LogP contribution in [0.3, 0.4) is 0 Å². The van der Waals surface area contributed by atoms with Crippen LogP contribution in [0.2, 0.25) is 0 Å². The number of carbonyl (C=O) groups excluding carboxylic acids is 1. The van der Waals surface area contributed by atoms with Crippen LogP contribution in [0.5, 0.6) is 0 Å². The fourth-order valence-electron chi connectivity index (χ4n) is 3.27. The molecule has 1 amide bonds. The highest BCUT2D eigenvalue weighted by Crippen LogP contribution is 2.24.